The lowest BCUT2D eigenvalue weighted by Gasteiger charge is -2.28. The highest BCUT2D eigenvalue weighted by atomic mass is 16.5. The summed E-state index contributed by atoms with van der Waals surface area (Å²) >= 11 is 0. The van der Waals surface area contributed by atoms with Gasteiger partial charge in [0.25, 0.3) is 0 Å². The molecule has 30 heavy (non-hydrogen) atoms. The summed E-state index contributed by atoms with van der Waals surface area (Å²) in [7, 11) is 0. The Morgan fingerprint density at radius 3 is 2.63 bits per heavy atom. The molecule has 2 fully saturated rings. The summed E-state index contributed by atoms with van der Waals surface area (Å²) in [4.78, 5) is 10.5. The molecule has 0 aromatic heterocycles. The van der Waals surface area contributed by atoms with Gasteiger partial charge in [-0.15, -0.1) is 0 Å². The van der Waals surface area contributed by atoms with Crippen molar-refractivity contribution < 1.29 is 24.9 Å². The predicted octanol–water partition coefficient (Wildman–Crippen LogP) is 3.14. The number of carbonyl (C=O) groups is 1. The molecule has 2 unspecified atom stereocenters. The topological polar surface area (TPSA) is 87.0 Å². The van der Waals surface area contributed by atoms with Crippen LogP contribution in [-0.2, 0) is 22.4 Å². The van der Waals surface area contributed by atoms with Crippen LogP contribution in [0.2, 0.25) is 0 Å². The largest absolute Gasteiger partial charge is 0.480 e. The van der Waals surface area contributed by atoms with E-state index in [1.165, 1.54) is 16.7 Å². The summed E-state index contributed by atoms with van der Waals surface area (Å²) in [5.74, 6) is -0.0721. The van der Waals surface area contributed by atoms with Gasteiger partial charge in [-0.2, -0.15) is 0 Å². The van der Waals surface area contributed by atoms with E-state index in [1.807, 2.05) is 12.2 Å². The minimum Gasteiger partial charge on any atom is -0.480 e. The van der Waals surface area contributed by atoms with Crippen LogP contribution in [0.5, 0.6) is 0 Å². The second kappa shape index (κ2) is 8.66. The van der Waals surface area contributed by atoms with E-state index in [4.69, 9.17) is 9.84 Å². The Balaban J connectivity index is 1.36. The van der Waals surface area contributed by atoms with Gasteiger partial charge in [-0.1, -0.05) is 55.0 Å². The lowest BCUT2D eigenvalue weighted by atomic mass is 9.80. The van der Waals surface area contributed by atoms with Crippen molar-refractivity contribution in [1.29, 1.82) is 0 Å². The van der Waals surface area contributed by atoms with E-state index in [9.17, 15) is 15.0 Å². The summed E-state index contributed by atoms with van der Waals surface area (Å²) in [6.07, 6.45) is 9.45. The molecule has 0 aliphatic heterocycles. The number of hydrogen-bond acceptors (Lipinski definition) is 4. The Morgan fingerprint density at radius 1 is 1.27 bits per heavy atom. The minimum absolute atomic E-state index is 0.0582. The quantitative estimate of drug-likeness (QED) is 0.473. The summed E-state index contributed by atoms with van der Waals surface area (Å²) in [5.41, 5.74) is 3.73. The van der Waals surface area contributed by atoms with Crippen molar-refractivity contribution in [3.63, 3.8) is 0 Å². The van der Waals surface area contributed by atoms with E-state index in [1.54, 1.807) is 0 Å². The molecule has 0 heterocycles. The molecular formula is C25H32O5. The van der Waals surface area contributed by atoms with Crippen molar-refractivity contribution in [3.05, 3.63) is 59.2 Å². The molecule has 3 aliphatic carbocycles. The van der Waals surface area contributed by atoms with Gasteiger partial charge in [0.15, 0.2) is 0 Å². The molecule has 1 aromatic carbocycles. The number of ether oxygens (including phenoxy) is 1. The number of carboxylic acid groups (broad SMARTS) is 1. The van der Waals surface area contributed by atoms with Crippen LogP contribution >= 0.6 is 0 Å². The standard InChI is InChI=1S/C25H32O5/c1-25(13-17-4-2-3-5-18(17)14-25)23(27)7-6-20-21-11-16(8-9-30-15-24(28)29)10-19(21)12-22(20)26/h2-8,19-23,26-27H,9-15H2,1H3,(H,28,29)/b7-6+,16-8+/t19?,20-,21?,22-,23-/m1/s1. The summed E-state index contributed by atoms with van der Waals surface area (Å²) in [6, 6.07) is 8.41. The molecular weight excluding hydrogens is 380 g/mol. The predicted molar refractivity (Wildman–Crippen MR) is 114 cm³/mol. The molecule has 4 rings (SSSR count). The lowest BCUT2D eigenvalue weighted by Crippen LogP contribution is -2.32. The lowest BCUT2D eigenvalue weighted by molar-refractivity contribution is -0.141. The maximum absolute atomic E-state index is 11.0. The molecule has 0 amide bonds. The molecule has 5 nitrogen and oxygen atoms in total. The molecule has 0 saturated heterocycles. The smallest absolute Gasteiger partial charge is 0.329 e. The molecule has 0 spiro atoms. The SMILES string of the molecule is CC1([C@H](O)/C=C/[C@@H]2C3C/C(=C/COCC(=O)O)CC3C[C@H]2O)Cc2ccccc2C1. The fraction of sp³-hybridized carbons (Fsp3) is 0.560. The van der Waals surface area contributed by atoms with Crippen molar-refractivity contribution in [3.8, 4) is 0 Å². The summed E-state index contributed by atoms with van der Waals surface area (Å²) < 4.78 is 5.13. The van der Waals surface area contributed by atoms with Crippen molar-refractivity contribution >= 4 is 5.97 Å². The van der Waals surface area contributed by atoms with Crippen molar-refractivity contribution in [2.75, 3.05) is 13.2 Å². The Bertz CT molecular complexity index is 817. The van der Waals surface area contributed by atoms with E-state index in [-0.39, 0.29) is 24.0 Å². The first kappa shape index (κ1) is 21.3. The van der Waals surface area contributed by atoms with Gasteiger partial charge in [-0.05, 0) is 55.1 Å². The first-order valence-corrected chi connectivity index (χ1v) is 10.9. The van der Waals surface area contributed by atoms with Gasteiger partial charge >= 0.3 is 5.97 Å². The molecule has 3 aliphatic rings. The highest BCUT2D eigenvalue weighted by molar-refractivity contribution is 5.68. The van der Waals surface area contributed by atoms with Crippen LogP contribution in [0.25, 0.3) is 0 Å². The van der Waals surface area contributed by atoms with Crippen LogP contribution in [0.1, 0.15) is 37.3 Å². The maximum Gasteiger partial charge on any atom is 0.329 e. The summed E-state index contributed by atoms with van der Waals surface area (Å²) in [5, 5.41) is 30.2. The summed E-state index contributed by atoms with van der Waals surface area (Å²) in [6.45, 7) is 2.19. The van der Waals surface area contributed by atoms with Crippen LogP contribution in [0.15, 0.2) is 48.1 Å². The fourth-order valence-corrected chi connectivity index (χ4v) is 5.77. The third kappa shape index (κ3) is 4.39. The van der Waals surface area contributed by atoms with Crippen LogP contribution < -0.4 is 0 Å². The Morgan fingerprint density at radius 2 is 1.97 bits per heavy atom. The van der Waals surface area contributed by atoms with Crippen LogP contribution in [0.3, 0.4) is 0 Å². The Labute approximate surface area is 178 Å². The van der Waals surface area contributed by atoms with Crippen LogP contribution in [-0.4, -0.2) is 46.7 Å². The zero-order valence-electron chi connectivity index (χ0n) is 17.5. The fourth-order valence-electron chi connectivity index (χ4n) is 5.77. The molecule has 2 saturated carbocycles. The minimum atomic E-state index is -0.956. The van der Waals surface area contributed by atoms with Crippen molar-refractivity contribution in [2.24, 2.45) is 23.2 Å². The maximum atomic E-state index is 11.0. The molecule has 0 bridgehead atoms. The number of aliphatic carboxylic acids is 1. The van der Waals surface area contributed by atoms with Crippen LogP contribution in [0, 0.1) is 23.2 Å². The van der Waals surface area contributed by atoms with E-state index in [2.05, 4.69) is 37.3 Å². The third-order valence-electron chi connectivity index (χ3n) is 7.36. The van der Waals surface area contributed by atoms with E-state index in [0.717, 1.165) is 32.1 Å². The van der Waals surface area contributed by atoms with Gasteiger partial charge in [0, 0.05) is 11.3 Å². The average molecular weight is 413 g/mol. The van der Waals surface area contributed by atoms with Gasteiger partial charge in [0.1, 0.15) is 6.61 Å². The molecule has 1 aromatic rings. The molecule has 3 N–H and O–H groups in total. The first-order valence-electron chi connectivity index (χ1n) is 10.9. The zero-order valence-corrected chi connectivity index (χ0v) is 17.5. The van der Waals surface area contributed by atoms with Crippen LogP contribution in [0.4, 0.5) is 0 Å². The highest BCUT2D eigenvalue weighted by Gasteiger charge is 2.45. The van der Waals surface area contributed by atoms with Gasteiger partial charge in [0.2, 0.25) is 0 Å². The normalized spacial score (nSPS) is 31.9. The third-order valence-corrected chi connectivity index (χ3v) is 7.36. The van der Waals surface area contributed by atoms with E-state index in [0.29, 0.717) is 18.4 Å². The van der Waals surface area contributed by atoms with Crippen molar-refractivity contribution in [1.82, 2.24) is 0 Å². The van der Waals surface area contributed by atoms with Gasteiger partial charge < -0.3 is 20.1 Å². The van der Waals surface area contributed by atoms with Gasteiger partial charge in [-0.25, -0.2) is 4.79 Å². The second-order valence-corrected chi connectivity index (χ2v) is 9.59. The monoisotopic (exact) mass is 412 g/mol. The highest BCUT2D eigenvalue weighted by Crippen LogP contribution is 2.50. The first-order chi connectivity index (χ1) is 14.4. The number of fused-ring (bicyclic) bond motifs is 2. The Hall–Kier alpha value is -1.95. The van der Waals surface area contributed by atoms with Gasteiger partial charge in [0.05, 0.1) is 18.8 Å². The second-order valence-electron chi connectivity index (χ2n) is 9.59. The Kier molecular flexibility index (Phi) is 6.14. The number of allylic oxidation sites excluding steroid dienone is 1. The number of rotatable bonds is 7. The van der Waals surface area contributed by atoms with E-state index >= 15 is 0 Å². The van der Waals surface area contributed by atoms with Crippen molar-refractivity contribution in [2.45, 2.75) is 51.2 Å². The number of aliphatic hydroxyl groups is 2. The average Bonchev–Trinajstić information content (AvgIpc) is 3.33. The van der Waals surface area contributed by atoms with Gasteiger partial charge in [-0.3, -0.25) is 0 Å². The molecule has 0 radical (unpaired) electrons. The number of aliphatic hydroxyl groups excluding tert-OH is 2. The molecule has 5 atom stereocenters. The molecule has 5 heteroatoms. The zero-order chi connectivity index (χ0) is 21.3. The molecule has 162 valence electrons. The number of hydrogen-bond donors (Lipinski definition) is 3. The van der Waals surface area contributed by atoms with E-state index < -0.39 is 12.1 Å². The number of benzene rings is 1. The number of carboxylic acids is 1.